The van der Waals surface area contributed by atoms with Crippen LogP contribution < -0.4 is 4.74 Å². The number of hydrogen-bond donors (Lipinski definition) is 1. The lowest BCUT2D eigenvalue weighted by Crippen LogP contribution is -2.14. The maximum atomic E-state index is 10.5. The van der Waals surface area contributed by atoms with Crippen LogP contribution in [0.25, 0.3) is 0 Å². The molecule has 0 saturated carbocycles. The van der Waals surface area contributed by atoms with Crippen molar-refractivity contribution in [3.63, 3.8) is 0 Å². The molecule has 2 aromatic carbocycles. The van der Waals surface area contributed by atoms with E-state index in [1.165, 1.54) is 7.11 Å². The fourth-order valence-electron chi connectivity index (χ4n) is 3.07. The molecule has 1 aliphatic carbocycles. The molecule has 0 fully saturated rings. The molecule has 0 radical (unpaired) electrons. The average molecular weight is 437 g/mol. The Bertz CT molecular complexity index is 950. The number of carboxylic acids is 1. The second kappa shape index (κ2) is 12.4. The molecule has 7 heteroatoms. The molecule has 2 aromatic rings. The Morgan fingerprint density at radius 2 is 1.84 bits per heavy atom. The maximum Gasteiger partial charge on any atom is 0.329 e. The third-order valence-corrected chi connectivity index (χ3v) is 4.70. The molecule has 3 rings (SSSR count). The van der Waals surface area contributed by atoms with Crippen LogP contribution in [0.1, 0.15) is 17.5 Å². The van der Waals surface area contributed by atoms with Gasteiger partial charge in [-0.3, -0.25) is 0 Å². The Morgan fingerprint density at radius 1 is 1.06 bits per heavy atom. The topological polar surface area (TPSA) is 86.6 Å². The number of ether oxygens (including phenoxy) is 3. The highest BCUT2D eigenvalue weighted by Gasteiger charge is 2.10. The highest BCUT2D eigenvalue weighted by Crippen LogP contribution is 2.18. The molecule has 7 nitrogen and oxygen atoms in total. The highest BCUT2D eigenvalue weighted by molar-refractivity contribution is 6.01. The van der Waals surface area contributed by atoms with Gasteiger partial charge >= 0.3 is 5.97 Å². The largest absolute Gasteiger partial charge is 0.487 e. The summed E-state index contributed by atoms with van der Waals surface area (Å²) < 4.78 is 16.9. The number of oxime groups is 1. The molecular formula is C25H27NO6. The van der Waals surface area contributed by atoms with Crippen molar-refractivity contribution in [2.75, 3.05) is 26.9 Å². The van der Waals surface area contributed by atoms with Gasteiger partial charge in [0.15, 0.2) is 0 Å². The van der Waals surface area contributed by atoms with E-state index in [1.54, 1.807) is 0 Å². The third kappa shape index (κ3) is 7.68. The van der Waals surface area contributed by atoms with Gasteiger partial charge in [0, 0.05) is 5.56 Å². The van der Waals surface area contributed by atoms with Crippen molar-refractivity contribution in [3.05, 3.63) is 89.5 Å². The van der Waals surface area contributed by atoms with Gasteiger partial charge in [-0.25, -0.2) is 4.79 Å². The van der Waals surface area contributed by atoms with Gasteiger partial charge in [-0.1, -0.05) is 65.8 Å². The van der Waals surface area contributed by atoms with Crippen molar-refractivity contribution in [2.45, 2.75) is 19.1 Å². The zero-order valence-electron chi connectivity index (χ0n) is 18.0. The van der Waals surface area contributed by atoms with Crippen LogP contribution in [0.3, 0.4) is 0 Å². The monoisotopic (exact) mass is 437 g/mol. The predicted octanol–water partition coefficient (Wildman–Crippen LogP) is 3.99. The van der Waals surface area contributed by atoms with Crippen molar-refractivity contribution in [2.24, 2.45) is 5.16 Å². The average Bonchev–Trinajstić information content (AvgIpc) is 2.82. The number of aliphatic carboxylic acids is 1. The molecule has 0 spiro atoms. The molecule has 32 heavy (non-hydrogen) atoms. The highest BCUT2D eigenvalue weighted by atomic mass is 16.6. The van der Waals surface area contributed by atoms with Gasteiger partial charge in [-0.05, 0) is 29.7 Å². The van der Waals surface area contributed by atoms with Gasteiger partial charge in [-0.2, -0.15) is 0 Å². The van der Waals surface area contributed by atoms with Crippen LogP contribution in [0.4, 0.5) is 0 Å². The Morgan fingerprint density at radius 3 is 2.50 bits per heavy atom. The van der Waals surface area contributed by atoms with Crippen molar-refractivity contribution in [1.82, 2.24) is 0 Å². The minimum atomic E-state index is -0.970. The minimum absolute atomic E-state index is 0.0205. The molecule has 1 N–H and O–H groups in total. The molecule has 1 aliphatic rings. The van der Waals surface area contributed by atoms with Gasteiger partial charge in [0.25, 0.3) is 0 Å². The predicted molar refractivity (Wildman–Crippen MR) is 121 cm³/mol. The van der Waals surface area contributed by atoms with Crippen LogP contribution in [0.15, 0.2) is 83.6 Å². The first-order valence-electron chi connectivity index (χ1n) is 10.3. The van der Waals surface area contributed by atoms with E-state index in [0.717, 1.165) is 28.9 Å². The van der Waals surface area contributed by atoms with E-state index in [1.807, 2.05) is 72.8 Å². The summed E-state index contributed by atoms with van der Waals surface area (Å²) in [5, 5.41) is 12.7. The van der Waals surface area contributed by atoms with Crippen LogP contribution in [0.5, 0.6) is 5.75 Å². The second-order valence-electron chi connectivity index (χ2n) is 7.13. The summed E-state index contributed by atoms with van der Waals surface area (Å²) in [6.07, 6.45) is 6.60. The number of rotatable bonds is 12. The number of carbonyl (C=O) groups is 1. The van der Waals surface area contributed by atoms with Crippen LogP contribution >= 0.6 is 0 Å². The Labute approximate surface area is 187 Å². The van der Waals surface area contributed by atoms with E-state index < -0.39 is 5.97 Å². The summed E-state index contributed by atoms with van der Waals surface area (Å²) in [6.45, 7) is 0.773. The number of benzene rings is 2. The Balaban J connectivity index is 1.42. The van der Waals surface area contributed by atoms with Crippen molar-refractivity contribution in [1.29, 1.82) is 0 Å². The normalized spacial score (nSPS) is 15.8. The van der Waals surface area contributed by atoms with E-state index in [0.29, 0.717) is 18.9 Å². The quantitative estimate of drug-likeness (QED) is 0.399. The molecule has 0 aliphatic heterocycles. The van der Waals surface area contributed by atoms with E-state index in [2.05, 4.69) is 5.16 Å². The first-order valence-corrected chi connectivity index (χ1v) is 10.3. The molecule has 168 valence electrons. The summed E-state index contributed by atoms with van der Waals surface area (Å²) in [5.74, 6) is -0.234. The van der Waals surface area contributed by atoms with Crippen LogP contribution in [-0.4, -0.2) is 49.8 Å². The second-order valence-corrected chi connectivity index (χ2v) is 7.13. The lowest BCUT2D eigenvalue weighted by atomic mass is 10.1. The van der Waals surface area contributed by atoms with E-state index in [4.69, 9.17) is 24.2 Å². The molecular weight excluding hydrogens is 410 g/mol. The van der Waals surface area contributed by atoms with Gasteiger partial charge in [-0.15, -0.1) is 0 Å². The van der Waals surface area contributed by atoms with Crippen LogP contribution in [0, 0.1) is 0 Å². The summed E-state index contributed by atoms with van der Waals surface area (Å²) in [7, 11) is 1.52. The zero-order valence-corrected chi connectivity index (χ0v) is 18.0. The third-order valence-electron chi connectivity index (χ3n) is 4.70. The summed E-state index contributed by atoms with van der Waals surface area (Å²) in [4.78, 5) is 15.4. The lowest BCUT2D eigenvalue weighted by Gasteiger charge is -2.17. The first kappa shape index (κ1) is 23.2. The SMILES string of the molecule is CO/N=C(/COc1ccc(COC2C=CC(COCC(=O)O)=CC2)cc1)c1ccccc1. The maximum absolute atomic E-state index is 10.5. The summed E-state index contributed by atoms with van der Waals surface area (Å²) in [6, 6.07) is 17.5. The van der Waals surface area contributed by atoms with E-state index in [9.17, 15) is 4.79 Å². The fraction of sp³-hybridized carbons (Fsp3) is 0.280. The van der Waals surface area contributed by atoms with Gasteiger partial charge in [0.2, 0.25) is 0 Å². The zero-order chi connectivity index (χ0) is 22.6. The molecule has 0 amide bonds. The van der Waals surface area contributed by atoms with Crippen molar-refractivity contribution < 1.29 is 28.9 Å². The number of nitrogens with zero attached hydrogens (tertiary/aromatic N) is 1. The molecule has 0 heterocycles. The van der Waals surface area contributed by atoms with Gasteiger partial charge in [0.05, 0.1) is 19.3 Å². The van der Waals surface area contributed by atoms with Crippen molar-refractivity contribution >= 4 is 11.7 Å². The fourth-order valence-corrected chi connectivity index (χ4v) is 3.07. The standard InChI is InChI=1S/C25H27NO6/c1-29-26-24(21-5-3-2-4-6-21)17-32-23-13-9-20(10-14-23)16-31-22-11-7-19(8-12-22)15-30-18-25(27)28/h2-11,13-14,22H,12,15-18H2,1H3,(H,27,28)/b26-24-. The van der Waals surface area contributed by atoms with Crippen LogP contribution in [0.2, 0.25) is 0 Å². The van der Waals surface area contributed by atoms with Crippen molar-refractivity contribution in [3.8, 4) is 5.75 Å². The minimum Gasteiger partial charge on any atom is -0.487 e. The number of hydrogen-bond acceptors (Lipinski definition) is 6. The number of carboxylic acid groups (broad SMARTS) is 1. The Hall–Kier alpha value is -3.42. The van der Waals surface area contributed by atoms with E-state index >= 15 is 0 Å². The van der Waals surface area contributed by atoms with Gasteiger partial charge in [0.1, 0.15) is 31.8 Å². The molecule has 1 atom stereocenters. The smallest absolute Gasteiger partial charge is 0.329 e. The lowest BCUT2D eigenvalue weighted by molar-refractivity contribution is -0.141. The summed E-state index contributed by atoms with van der Waals surface area (Å²) >= 11 is 0. The molecule has 1 unspecified atom stereocenters. The van der Waals surface area contributed by atoms with Gasteiger partial charge < -0.3 is 24.2 Å². The first-order chi connectivity index (χ1) is 15.6. The van der Waals surface area contributed by atoms with E-state index in [-0.39, 0.29) is 19.3 Å². The molecule has 0 saturated heterocycles. The molecule has 0 aromatic heterocycles. The Kier molecular flexibility index (Phi) is 9.04. The molecule has 0 bridgehead atoms. The van der Waals surface area contributed by atoms with Crippen LogP contribution in [-0.2, 0) is 25.7 Å². The summed E-state index contributed by atoms with van der Waals surface area (Å²) in [5.41, 5.74) is 3.66.